The second kappa shape index (κ2) is 10.7. The summed E-state index contributed by atoms with van der Waals surface area (Å²) in [7, 11) is 3.65. The Balaban J connectivity index is 1.33. The summed E-state index contributed by atoms with van der Waals surface area (Å²) in [5.41, 5.74) is 0.0900. The standard InChI is InChI=1S/C24H36F3N3O/c1-28(2)23(31)17-20-10-8-19(9-11-20)5-4-12-29-13-15-30(16-14-29)22-7-3-6-21(18-22)24(25,26)27/h3,6-7,18-20H,4-5,8-17H2,1-2H3. The zero-order valence-corrected chi connectivity index (χ0v) is 18.8. The van der Waals surface area contributed by atoms with Gasteiger partial charge in [-0.2, -0.15) is 13.2 Å². The van der Waals surface area contributed by atoms with Crippen molar-refractivity contribution < 1.29 is 18.0 Å². The van der Waals surface area contributed by atoms with Crippen LogP contribution in [0.4, 0.5) is 18.9 Å². The van der Waals surface area contributed by atoms with Crippen molar-refractivity contribution in [3.8, 4) is 0 Å². The lowest BCUT2D eigenvalue weighted by Gasteiger charge is -2.36. The van der Waals surface area contributed by atoms with Crippen LogP contribution < -0.4 is 4.90 Å². The Morgan fingerprint density at radius 3 is 2.29 bits per heavy atom. The summed E-state index contributed by atoms with van der Waals surface area (Å²) in [4.78, 5) is 18.1. The highest BCUT2D eigenvalue weighted by Crippen LogP contribution is 2.34. The highest BCUT2D eigenvalue weighted by molar-refractivity contribution is 5.75. The topological polar surface area (TPSA) is 26.8 Å². The third-order valence-corrected chi connectivity index (χ3v) is 6.93. The van der Waals surface area contributed by atoms with Gasteiger partial charge in [-0.15, -0.1) is 0 Å². The smallest absolute Gasteiger partial charge is 0.369 e. The Morgan fingerprint density at radius 1 is 1.03 bits per heavy atom. The fraction of sp³-hybridized carbons (Fsp3) is 0.708. The van der Waals surface area contributed by atoms with Crippen molar-refractivity contribution in [1.29, 1.82) is 0 Å². The van der Waals surface area contributed by atoms with Gasteiger partial charge in [-0.1, -0.05) is 18.9 Å². The van der Waals surface area contributed by atoms with Crippen LogP contribution in [0.1, 0.15) is 50.5 Å². The maximum Gasteiger partial charge on any atom is 0.416 e. The van der Waals surface area contributed by atoms with Crippen LogP contribution in [0.25, 0.3) is 0 Å². The van der Waals surface area contributed by atoms with E-state index in [1.165, 1.54) is 50.7 Å². The molecule has 0 atom stereocenters. The lowest BCUT2D eigenvalue weighted by Crippen LogP contribution is -2.46. The quantitative estimate of drug-likeness (QED) is 0.605. The number of carbonyl (C=O) groups is 1. The van der Waals surface area contributed by atoms with Crippen LogP contribution in [0.3, 0.4) is 0 Å². The maximum atomic E-state index is 13.0. The Hall–Kier alpha value is -1.76. The molecular formula is C24H36F3N3O. The number of benzene rings is 1. The monoisotopic (exact) mass is 439 g/mol. The van der Waals surface area contributed by atoms with Gasteiger partial charge in [-0.25, -0.2) is 0 Å². The lowest BCUT2D eigenvalue weighted by molar-refractivity contribution is -0.137. The van der Waals surface area contributed by atoms with E-state index in [0.717, 1.165) is 44.7 Å². The zero-order valence-electron chi connectivity index (χ0n) is 18.8. The molecule has 1 amide bonds. The molecule has 0 bridgehead atoms. The first-order valence-electron chi connectivity index (χ1n) is 11.6. The van der Waals surface area contributed by atoms with E-state index in [0.29, 0.717) is 18.0 Å². The summed E-state index contributed by atoms with van der Waals surface area (Å²) in [6.07, 6.45) is 3.61. The normalized spacial score (nSPS) is 23.1. The molecule has 1 aromatic rings. The molecular weight excluding hydrogens is 403 g/mol. The molecule has 7 heteroatoms. The van der Waals surface area contributed by atoms with Gasteiger partial charge in [0.05, 0.1) is 5.56 Å². The van der Waals surface area contributed by atoms with Crippen LogP contribution in [-0.4, -0.2) is 62.5 Å². The molecule has 31 heavy (non-hydrogen) atoms. The van der Waals surface area contributed by atoms with Crippen LogP contribution in [0.15, 0.2) is 24.3 Å². The molecule has 3 rings (SSSR count). The van der Waals surface area contributed by atoms with E-state index in [-0.39, 0.29) is 5.91 Å². The molecule has 0 aromatic heterocycles. The molecule has 0 unspecified atom stereocenters. The summed E-state index contributed by atoms with van der Waals surface area (Å²) >= 11 is 0. The van der Waals surface area contributed by atoms with E-state index in [2.05, 4.69) is 9.80 Å². The Kier molecular flexibility index (Phi) is 8.25. The number of hydrogen-bond acceptors (Lipinski definition) is 3. The second-order valence-corrected chi connectivity index (χ2v) is 9.40. The van der Waals surface area contributed by atoms with Crippen molar-refractivity contribution in [3.63, 3.8) is 0 Å². The Labute approximate surface area is 184 Å². The van der Waals surface area contributed by atoms with Crippen LogP contribution in [0.5, 0.6) is 0 Å². The van der Waals surface area contributed by atoms with Crippen molar-refractivity contribution in [2.75, 3.05) is 51.7 Å². The molecule has 1 aliphatic heterocycles. The van der Waals surface area contributed by atoms with Gasteiger partial charge < -0.3 is 9.80 Å². The van der Waals surface area contributed by atoms with Gasteiger partial charge in [0, 0.05) is 52.4 Å². The molecule has 1 aliphatic carbocycles. The van der Waals surface area contributed by atoms with Gasteiger partial charge in [-0.3, -0.25) is 9.69 Å². The molecule has 1 heterocycles. The van der Waals surface area contributed by atoms with E-state index in [4.69, 9.17) is 0 Å². The minimum atomic E-state index is -4.29. The van der Waals surface area contributed by atoms with Gasteiger partial charge in [0.25, 0.3) is 0 Å². The van der Waals surface area contributed by atoms with Gasteiger partial charge in [0.2, 0.25) is 5.91 Å². The second-order valence-electron chi connectivity index (χ2n) is 9.40. The van der Waals surface area contributed by atoms with Crippen LogP contribution in [0.2, 0.25) is 0 Å². The third-order valence-electron chi connectivity index (χ3n) is 6.93. The predicted octanol–water partition coefficient (Wildman–Crippen LogP) is 4.89. The summed E-state index contributed by atoms with van der Waals surface area (Å²) in [6, 6.07) is 5.66. The number of carbonyl (C=O) groups excluding carboxylic acids is 1. The first kappa shape index (κ1) is 23.9. The number of halogens is 3. The molecule has 1 saturated heterocycles. The van der Waals surface area contributed by atoms with Crippen molar-refractivity contribution in [2.24, 2.45) is 11.8 Å². The number of amides is 1. The summed E-state index contributed by atoms with van der Waals surface area (Å²) in [6.45, 7) is 4.40. The summed E-state index contributed by atoms with van der Waals surface area (Å²) in [5, 5.41) is 0. The number of nitrogens with zero attached hydrogens (tertiary/aromatic N) is 3. The van der Waals surface area contributed by atoms with Crippen molar-refractivity contribution in [2.45, 2.75) is 51.1 Å². The Bertz CT molecular complexity index is 706. The van der Waals surface area contributed by atoms with E-state index in [9.17, 15) is 18.0 Å². The highest BCUT2D eigenvalue weighted by Gasteiger charge is 2.31. The molecule has 2 fully saturated rings. The first-order chi connectivity index (χ1) is 14.7. The number of rotatable bonds is 7. The number of hydrogen-bond donors (Lipinski definition) is 0. The zero-order chi connectivity index (χ0) is 22.4. The van der Waals surface area contributed by atoms with Gasteiger partial charge in [0.1, 0.15) is 0 Å². The molecule has 0 N–H and O–H groups in total. The SMILES string of the molecule is CN(C)C(=O)CC1CCC(CCCN2CCN(c3cccc(C(F)(F)F)c3)CC2)CC1. The first-order valence-corrected chi connectivity index (χ1v) is 11.6. The average molecular weight is 440 g/mol. The molecule has 4 nitrogen and oxygen atoms in total. The molecule has 0 spiro atoms. The van der Waals surface area contributed by atoms with E-state index in [1.54, 1.807) is 11.0 Å². The molecule has 1 aromatic carbocycles. The summed E-state index contributed by atoms with van der Waals surface area (Å²) < 4.78 is 38.9. The largest absolute Gasteiger partial charge is 0.416 e. The fourth-order valence-electron chi connectivity index (χ4n) is 4.87. The Morgan fingerprint density at radius 2 is 1.68 bits per heavy atom. The van der Waals surface area contributed by atoms with Crippen LogP contribution >= 0.6 is 0 Å². The third kappa shape index (κ3) is 7.13. The molecule has 2 aliphatic rings. The average Bonchev–Trinajstić information content (AvgIpc) is 2.75. The number of piperazine rings is 1. The van der Waals surface area contributed by atoms with E-state index < -0.39 is 11.7 Å². The maximum absolute atomic E-state index is 13.0. The van der Waals surface area contributed by atoms with Crippen molar-refractivity contribution >= 4 is 11.6 Å². The predicted molar refractivity (Wildman–Crippen MR) is 118 cm³/mol. The van der Waals surface area contributed by atoms with Gasteiger partial charge in [0.15, 0.2) is 0 Å². The van der Waals surface area contributed by atoms with Crippen molar-refractivity contribution in [3.05, 3.63) is 29.8 Å². The number of alkyl halides is 3. The van der Waals surface area contributed by atoms with Gasteiger partial charge in [-0.05, 0) is 62.3 Å². The molecule has 0 radical (unpaired) electrons. The molecule has 1 saturated carbocycles. The molecule has 174 valence electrons. The van der Waals surface area contributed by atoms with Gasteiger partial charge >= 0.3 is 6.18 Å². The minimum Gasteiger partial charge on any atom is -0.369 e. The van der Waals surface area contributed by atoms with Crippen LogP contribution in [-0.2, 0) is 11.0 Å². The van der Waals surface area contributed by atoms with E-state index in [1.807, 2.05) is 14.1 Å². The number of anilines is 1. The van der Waals surface area contributed by atoms with E-state index >= 15 is 0 Å². The van der Waals surface area contributed by atoms with Crippen LogP contribution in [0, 0.1) is 11.8 Å². The fourth-order valence-corrected chi connectivity index (χ4v) is 4.87. The van der Waals surface area contributed by atoms with Crippen molar-refractivity contribution in [1.82, 2.24) is 9.80 Å². The minimum absolute atomic E-state index is 0.243. The lowest BCUT2D eigenvalue weighted by atomic mass is 9.78. The highest BCUT2D eigenvalue weighted by atomic mass is 19.4. The summed E-state index contributed by atoms with van der Waals surface area (Å²) in [5.74, 6) is 1.57.